The maximum Gasteiger partial charge on any atom is 0.130 e. The van der Waals surface area contributed by atoms with E-state index in [-0.39, 0.29) is 12.0 Å². The van der Waals surface area contributed by atoms with Gasteiger partial charge in [0.05, 0.1) is 11.7 Å². The largest absolute Gasteiger partial charge is 0.495 e. The van der Waals surface area contributed by atoms with Crippen molar-refractivity contribution >= 4 is 6.29 Å². The number of carbonyl (C=O) groups excluding carboxylic acids is 1. The Kier molecular flexibility index (Phi) is 1.56. The van der Waals surface area contributed by atoms with Crippen LogP contribution in [0.3, 0.4) is 0 Å². The van der Waals surface area contributed by atoms with Crippen LogP contribution in [0.4, 0.5) is 0 Å². The van der Waals surface area contributed by atoms with E-state index in [9.17, 15) is 4.79 Å². The summed E-state index contributed by atoms with van der Waals surface area (Å²) in [6.45, 7) is 3.76. The first-order valence-electron chi connectivity index (χ1n) is 3.04. The number of allylic oxidation sites excluding steroid dienone is 1. The zero-order valence-electron chi connectivity index (χ0n) is 5.63. The van der Waals surface area contributed by atoms with Crippen LogP contribution in [0.25, 0.3) is 0 Å². The summed E-state index contributed by atoms with van der Waals surface area (Å²) in [6.07, 6.45) is 2.81. The average molecular weight is 126 g/mol. The van der Waals surface area contributed by atoms with Gasteiger partial charge in [0.15, 0.2) is 0 Å². The van der Waals surface area contributed by atoms with Gasteiger partial charge in [0.2, 0.25) is 0 Å². The maximum absolute atomic E-state index is 10.2. The Hall–Kier alpha value is -0.790. The van der Waals surface area contributed by atoms with E-state index in [2.05, 4.69) is 0 Å². The van der Waals surface area contributed by atoms with Gasteiger partial charge in [-0.05, 0) is 19.9 Å². The molecule has 0 saturated carbocycles. The van der Waals surface area contributed by atoms with Crippen molar-refractivity contribution in [2.45, 2.75) is 20.0 Å². The Morgan fingerprint density at radius 3 is 2.67 bits per heavy atom. The minimum absolute atomic E-state index is 0.0231. The number of ether oxygens (including phenoxy) is 1. The molecule has 2 nitrogen and oxygen atoms in total. The number of carbonyl (C=O) groups is 1. The molecule has 0 amide bonds. The summed E-state index contributed by atoms with van der Waals surface area (Å²) in [5.41, 5.74) is 0. The van der Waals surface area contributed by atoms with Crippen LogP contribution in [-0.2, 0) is 9.53 Å². The maximum atomic E-state index is 10.2. The summed E-state index contributed by atoms with van der Waals surface area (Å²) >= 11 is 0. The molecule has 0 spiro atoms. The Balaban J connectivity index is 2.63. The smallest absolute Gasteiger partial charge is 0.130 e. The molecule has 0 aliphatic carbocycles. The van der Waals surface area contributed by atoms with Crippen molar-refractivity contribution in [3.8, 4) is 0 Å². The Bertz CT molecular complexity index is 149. The standard InChI is InChI=1S/C7H10O2/c1-5-3-7(4-8)6(2)9-5/h3-4,6-7H,1-2H3. The SMILES string of the molecule is CC1=CC(C=O)C(C)O1. The van der Waals surface area contributed by atoms with Gasteiger partial charge in [-0.2, -0.15) is 0 Å². The van der Waals surface area contributed by atoms with Crippen molar-refractivity contribution in [1.82, 2.24) is 0 Å². The lowest BCUT2D eigenvalue weighted by Crippen LogP contribution is -2.12. The third kappa shape index (κ3) is 1.12. The predicted molar refractivity (Wildman–Crippen MR) is 33.9 cm³/mol. The van der Waals surface area contributed by atoms with Crippen LogP contribution in [0.2, 0.25) is 0 Å². The second kappa shape index (κ2) is 2.21. The molecule has 0 aromatic rings. The molecule has 0 N–H and O–H groups in total. The Morgan fingerprint density at radius 1 is 1.78 bits per heavy atom. The molecule has 0 fully saturated rings. The summed E-state index contributed by atoms with van der Waals surface area (Å²) < 4.78 is 5.19. The molecule has 0 radical (unpaired) electrons. The summed E-state index contributed by atoms with van der Waals surface area (Å²) in [6, 6.07) is 0. The number of hydrogen-bond acceptors (Lipinski definition) is 2. The van der Waals surface area contributed by atoms with Gasteiger partial charge >= 0.3 is 0 Å². The molecule has 50 valence electrons. The van der Waals surface area contributed by atoms with Crippen molar-refractivity contribution in [2.75, 3.05) is 0 Å². The molecule has 0 aromatic carbocycles. The normalized spacial score (nSPS) is 33.3. The first-order valence-corrected chi connectivity index (χ1v) is 3.04. The first kappa shape index (κ1) is 6.33. The van der Waals surface area contributed by atoms with Gasteiger partial charge in [0.25, 0.3) is 0 Å². The van der Waals surface area contributed by atoms with Gasteiger partial charge in [-0.1, -0.05) is 0 Å². The molecule has 1 heterocycles. The third-order valence-corrected chi connectivity index (χ3v) is 1.50. The zero-order chi connectivity index (χ0) is 6.85. The topological polar surface area (TPSA) is 26.3 Å². The van der Waals surface area contributed by atoms with Crippen LogP contribution in [0.15, 0.2) is 11.8 Å². The quantitative estimate of drug-likeness (QED) is 0.492. The molecule has 2 heteroatoms. The van der Waals surface area contributed by atoms with Gasteiger partial charge in [0.1, 0.15) is 12.4 Å². The molecule has 0 saturated heterocycles. The molecule has 0 bridgehead atoms. The van der Waals surface area contributed by atoms with Gasteiger partial charge in [-0.15, -0.1) is 0 Å². The van der Waals surface area contributed by atoms with Crippen LogP contribution in [-0.4, -0.2) is 12.4 Å². The van der Waals surface area contributed by atoms with E-state index in [0.29, 0.717) is 0 Å². The third-order valence-electron chi connectivity index (χ3n) is 1.50. The van der Waals surface area contributed by atoms with E-state index in [4.69, 9.17) is 4.74 Å². The lowest BCUT2D eigenvalue weighted by Gasteiger charge is -2.06. The van der Waals surface area contributed by atoms with Crippen LogP contribution in [0.1, 0.15) is 13.8 Å². The number of aldehydes is 1. The lowest BCUT2D eigenvalue weighted by molar-refractivity contribution is -0.111. The average Bonchev–Trinajstić information content (AvgIpc) is 2.10. The monoisotopic (exact) mass is 126 g/mol. The summed E-state index contributed by atoms with van der Waals surface area (Å²) in [5.74, 6) is 0.838. The molecule has 2 atom stereocenters. The highest BCUT2D eigenvalue weighted by Crippen LogP contribution is 2.20. The predicted octanol–water partition coefficient (Wildman–Crippen LogP) is 1.12. The lowest BCUT2D eigenvalue weighted by atomic mass is 10.1. The van der Waals surface area contributed by atoms with Gasteiger partial charge in [-0.3, -0.25) is 0 Å². The highest BCUT2D eigenvalue weighted by Gasteiger charge is 2.21. The Labute approximate surface area is 54.5 Å². The molecule has 1 rings (SSSR count). The highest BCUT2D eigenvalue weighted by atomic mass is 16.5. The molecular weight excluding hydrogens is 116 g/mol. The van der Waals surface area contributed by atoms with Crippen molar-refractivity contribution in [3.63, 3.8) is 0 Å². The molecule has 2 unspecified atom stereocenters. The van der Waals surface area contributed by atoms with Crippen LogP contribution in [0.5, 0.6) is 0 Å². The minimum Gasteiger partial charge on any atom is -0.495 e. The van der Waals surface area contributed by atoms with Crippen molar-refractivity contribution < 1.29 is 9.53 Å². The van der Waals surface area contributed by atoms with Gasteiger partial charge in [0, 0.05) is 0 Å². The fourth-order valence-electron chi connectivity index (χ4n) is 0.968. The number of rotatable bonds is 1. The van der Waals surface area contributed by atoms with Crippen molar-refractivity contribution in [1.29, 1.82) is 0 Å². The first-order chi connectivity index (χ1) is 4.24. The zero-order valence-corrected chi connectivity index (χ0v) is 5.63. The molecular formula is C7H10O2. The molecule has 1 aliphatic heterocycles. The minimum atomic E-state index is -0.0231. The van der Waals surface area contributed by atoms with Gasteiger partial charge < -0.3 is 9.53 Å². The second-order valence-corrected chi connectivity index (χ2v) is 2.31. The van der Waals surface area contributed by atoms with E-state index in [1.807, 2.05) is 19.9 Å². The Morgan fingerprint density at radius 2 is 2.44 bits per heavy atom. The van der Waals surface area contributed by atoms with Crippen LogP contribution < -0.4 is 0 Å². The van der Waals surface area contributed by atoms with Crippen LogP contribution in [0, 0.1) is 5.92 Å². The van der Waals surface area contributed by atoms with E-state index in [0.717, 1.165) is 12.0 Å². The molecule has 0 aromatic heterocycles. The van der Waals surface area contributed by atoms with Crippen LogP contribution >= 0.6 is 0 Å². The summed E-state index contributed by atoms with van der Waals surface area (Å²) in [5, 5.41) is 0. The van der Waals surface area contributed by atoms with E-state index in [1.165, 1.54) is 0 Å². The number of hydrogen-bond donors (Lipinski definition) is 0. The molecule has 9 heavy (non-hydrogen) atoms. The van der Waals surface area contributed by atoms with Crippen molar-refractivity contribution in [3.05, 3.63) is 11.8 Å². The van der Waals surface area contributed by atoms with E-state index >= 15 is 0 Å². The second-order valence-electron chi connectivity index (χ2n) is 2.31. The summed E-state index contributed by atoms with van der Waals surface area (Å²) in [7, 11) is 0. The fourth-order valence-corrected chi connectivity index (χ4v) is 0.968. The highest BCUT2D eigenvalue weighted by molar-refractivity contribution is 5.58. The van der Waals surface area contributed by atoms with E-state index < -0.39 is 0 Å². The summed E-state index contributed by atoms with van der Waals surface area (Å²) in [4.78, 5) is 10.2. The van der Waals surface area contributed by atoms with Gasteiger partial charge in [-0.25, -0.2) is 0 Å². The fraction of sp³-hybridized carbons (Fsp3) is 0.571. The molecule has 1 aliphatic rings. The van der Waals surface area contributed by atoms with Crippen molar-refractivity contribution in [2.24, 2.45) is 5.92 Å². The van der Waals surface area contributed by atoms with E-state index in [1.54, 1.807) is 0 Å².